The Labute approximate surface area is 204 Å². The topological polar surface area (TPSA) is 110 Å². The van der Waals surface area contributed by atoms with Gasteiger partial charge in [-0.1, -0.05) is 44.2 Å². The maximum atomic E-state index is 12.7. The van der Waals surface area contributed by atoms with Gasteiger partial charge in [0.15, 0.2) is 0 Å². The Morgan fingerprint density at radius 3 is 2.00 bits per heavy atom. The summed E-state index contributed by atoms with van der Waals surface area (Å²) in [5.74, 6) is -3.46. The third-order valence-corrected chi connectivity index (χ3v) is 4.31. The first-order valence-electron chi connectivity index (χ1n) is 8.37. The number of nitrogens with zero attached hydrogens (tertiary/aromatic N) is 2. The van der Waals surface area contributed by atoms with E-state index in [1.807, 2.05) is 0 Å². The zero-order chi connectivity index (χ0) is 19.7. The summed E-state index contributed by atoms with van der Waals surface area (Å²) in [4.78, 5) is 41.4. The standard InChI is InChI=1S/C20H18N2O5.K/c1-11(2)16(20(26)27)21-17(23)14-9-5-6-10-15(14)22-18(24)12-7-3-4-8-13(12)19(22)25;/h3-11,16H,1-2H3,(H,21,23)(H,26,27);/q;+1/p-1. The number of carboxylic acids is 1. The number of fused-ring (bicyclic) bond motifs is 1. The summed E-state index contributed by atoms with van der Waals surface area (Å²) >= 11 is 0. The fraction of sp³-hybridized carbons (Fsp3) is 0.200. The summed E-state index contributed by atoms with van der Waals surface area (Å²) in [7, 11) is 0. The van der Waals surface area contributed by atoms with Crippen LogP contribution < -0.4 is 61.4 Å². The fourth-order valence-corrected chi connectivity index (χ4v) is 2.94. The molecule has 2 aromatic rings. The van der Waals surface area contributed by atoms with Crippen molar-refractivity contribution in [2.24, 2.45) is 10.9 Å². The Kier molecular flexibility index (Phi) is 7.30. The summed E-state index contributed by atoms with van der Waals surface area (Å²) in [6.07, 6.45) is 0. The van der Waals surface area contributed by atoms with Gasteiger partial charge in [-0.2, -0.15) is 0 Å². The van der Waals surface area contributed by atoms with Gasteiger partial charge in [0.05, 0.1) is 16.8 Å². The number of carbonyl (C=O) groups is 3. The molecule has 1 heterocycles. The summed E-state index contributed by atoms with van der Waals surface area (Å²) in [6.45, 7) is 3.29. The van der Waals surface area contributed by atoms with Gasteiger partial charge in [-0.05, 0) is 30.0 Å². The van der Waals surface area contributed by atoms with Gasteiger partial charge in [0, 0.05) is 5.56 Å². The van der Waals surface area contributed by atoms with Crippen molar-refractivity contribution in [1.82, 2.24) is 0 Å². The minimum absolute atomic E-state index is 0. The summed E-state index contributed by atoms with van der Waals surface area (Å²) in [5.41, 5.74) is 0.601. The molecule has 0 saturated heterocycles. The number of carboxylic acid groups (broad SMARTS) is 1. The molecular formula is C20H17KN2O5. The van der Waals surface area contributed by atoms with E-state index >= 15 is 0 Å². The van der Waals surface area contributed by atoms with Crippen molar-refractivity contribution in [2.75, 3.05) is 4.90 Å². The van der Waals surface area contributed by atoms with Crippen LogP contribution in [0.5, 0.6) is 0 Å². The van der Waals surface area contributed by atoms with E-state index in [1.165, 1.54) is 12.1 Å². The first-order valence-corrected chi connectivity index (χ1v) is 8.37. The maximum absolute atomic E-state index is 12.7. The molecule has 28 heavy (non-hydrogen) atoms. The predicted octanol–water partition coefficient (Wildman–Crippen LogP) is -1.29. The van der Waals surface area contributed by atoms with Crippen LogP contribution in [-0.4, -0.2) is 34.8 Å². The third kappa shape index (κ3) is 4.11. The van der Waals surface area contributed by atoms with E-state index in [0.717, 1.165) is 4.90 Å². The van der Waals surface area contributed by atoms with Gasteiger partial charge in [0.25, 0.3) is 11.8 Å². The summed E-state index contributed by atoms with van der Waals surface area (Å²) < 4.78 is 0. The molecule has 1 N–H and O–H groups in total. The molecule has 0 fully saturated rings. The largest absolute Gasteiger partial charge is 1.00 e. The second kappa shape index (κ2) is 9.10. The molecular weight excluding hydrogens is 387 g/mol. The number of hydrogen-bond donors (Lipinski definition) is 1. The second-order valence-corrected chi connectivity index (χ2v) is 6.47. The van der Waals surface area contributed by atoms with Crippen molar-refractivity contribution in [3.63, 3.8) is 0 Å². The molecule has 1 atom stereocenters. The number of para-hydroxylation sites is 1. The Morgan fingerprint density at radius 2 is 1.50 bits per heavy atom. The number of amides is 2. The van der Waals surface area contributed by atoms with E-state index in [4.69, 9.17) is 0 Å². The van der Waals surface area contributed by atoms with Crippen molar-refractivity contribution in [3.8, 4) is 0 Å². The number of carbonyl (C=O) groups excluding carboxylic acids is 2. The summed E-state index contributed by atoms with van der Waals surface area (Å²) in [6, 6.07) is 11.2. The number of imide groups is 1. The van der Waals surface area contributed by atoms with Crippen molar-refractivity contribution >= 4 is 29.4 Å². The zero-order valence-corrected chi connectivity index (χ0v) is 18.9. The molecule has 138 valence electrons. The normalized spacial score (nSPS) is 14.7. The summed E-state index contributed by atoms with van der Waals surface area (Å²) in [5, 5.41) is 21.9. The number of benzene rings is 2. The molecule has 8 heteroatoms. The van der Waals surface area contributed by atoms with Crippen LogP contribution in [0.25, 0.3) is 0 Å². The van der Waals surface area contributed by atoms with E-state index < -0.39 is 35.6 Å². The smallest absolute Gasteiger partial charge is 0.858 e. The number of hydrogen-bond acceptors (Lipinski definition) is 5. The van der Waals surface area contributed by atoms with Gasteiger partial charge >= 0.3 is 57.4 Å². The molecule has 3 rings (SSSR count). The molecule has 0 saturated carbocycles. The molecule has 0 radical (unpaired) electrons. The zero-order valence-electron chi connectivity index (χ0n) is 15.7. The van der Waals surface area contributed by atoms with Gasteiger partial charge in [-0.15, -0.1) is 0 Å². The Bertz CT molecular complexity index is 936. The molecule has 2 aromatic carbocycles. The predicted molar refractivity (Wildman–Crippen MR) is 96.8 cm³/mol. The molecule has 0 spiro atoms. The van der Waals surface area contributed by atoms with Gasteiger partial charge in [0.1, 0.15) is 6.04 Å². The second-order valence-electron chi connectivity index (χ2n) is 6.47. The molecule has 1 aliphatic heterocycles. The van der Waals surface area contributed by atoms with E-state index in [2.05, 4.69) is 4.99 Å². The van der Waals surface area contributed by atoms with Gasteiger partial charge in [0.2, 0.25) is 0 Å². The van der Waals surface area contributed by atoms with Crippen LogP contribution in [0.4, 0.5) is 5.69 Å². The van der Waals surface area contributed by atoms with E-state index in [1.54, 1.807) is 50.2 Å². The van der Waals surface area contributed by atoms with E-state index in [0.29, 0.717) is 0 Å². The number of aliphatic carboxylic acids is 1. The number of anilines is 1. The monoisotopic (exact) mass is 404 g/mol. The first kappa shape index (κ1) is 22.4. The van der Waals surface area contributed by atoms with E-state index in [-0.39, 0.29) is 73.8 Å². The van der Waals surface area contributed by atoms with Crippen molar-refractivity contribution in [2.45, 2.75) is 19.9 Å². The minimum Gasteiger partial charge on any atom is -0.858 e. The first-order chi connectivity index (χ1) is 12.8. The fourth-order valence-electron chi connectivity index (χ4n) is 2.94. The van der Waals surface area contributed by atoms with Crippen LogP contribution >= 0.6 is 0 Å². The minimum atomic E-state index is -1.22. The molecule has 7 nitrogen and oxygen atoms in total. The molecule has 2 amide bonds. The van der Waals surface area contributed by atoms with Crippen LogP contribution in [0.1, 0.15) is 40.1 Å². The SMILES string of the molecule is CC(C)C(N=C([O-])c1ccccc1N1C(=O)c2ccccc2C1=O)C(=O)O.[K+]. The number of aliphatic imine (C=N–C) groups is 1. The Balaban J connectivity index is 0.00000280. The molecule has 0 aromatic heterocycles. The Morgan fingerprint density at radius 1 is 1.00 bits per heavy atom. The van der Waals surface area contributed by atoms with Crippen molar-refractivity contribution in [3.05, 3.63) is 65.2 Å². The average molecular weight is 404 g/mol. The molecule has 1 unspecified atom stereocenters. The molecule has 0 bridgehead atoms. The molecule has 1 aliphatic rings. The van der Waals surface area contributed by atoms with Crippen LogP contribution in [0, 0.1) is 5.92 Å². The average Bonchev–Trinajstić information content (AvgIpc) is 2.90. The molecule has 0 aliphatic carbocycles. The van der Waals surface area contributed by atoms with Crippen LogP contribution in [0.2, 0.25) is 0 Å². The third-order valence-electron chi connectivity index (χ3n) is 4.31. The quantitative estimate of drug-likeness (QED) is 0.289. The van der Waals surface area contributed by atoms with Crippen molar-refractivity contribution in [1.29, 1.82) is 0 Å². The van der Waals surface area contributed by atoms with Gasteiger partial charge in [-0.25, -0.2) is 9.69 Å². The Hall–Kier alpha value is -1.84. The van der Waals surface area contributed by atoms with Gasteiger partial charge < -0.3 is 10.2 Å². The number of rotatable bonds is 5. The van der Waals surface area contributed by atoms with Crippen LogP contribution in [0.15, 0.2) is 53.5 Å². The van der Waals surface area contributed by atoms with E-state index in [9.17, 15) is 24.6 Å². The van der Waals surface area contributed by atoms with Gasteiger partial charge in [-0.3, -0.25) is 14.6 Å². The van der Waals surface area contributed by atoms with Crippen LogP contribution in [0.3, 0.4) is 0 Å². The maximum Gasteiger partial charge on any atom is 1.00 e. The van der Waals surface area contributed by atoms with Crippen molar-refractivity contribution < 1.29 is 76.0 Å². The van der Waals surface area contributed by atoms with Crippen LogP contribution in [-0.2, 0) is 4.79 Å².